The maximum absolute atomic E-state index is 4.22. The molecule has 0 aromatic carbocycles. The molecular formula is C2H4NaO2. The summed E-state index contributed by atoms with van der Waals surface area (Å²) in [5.41, 5.74) is 0. The Balaban J connectivity index is 0.000000160. The van der Waals surface area contributed by atoms with Gasteiger partial charge in [0.25, 0.3) is 0 Å². The maximum Gasteiger partial charge on any atom is 0.109 e. The molecule has 1 fully saturated rings. The number of rotatable bonds is 0. The van der Waals surface area contributed by atoms with E-state index in [-0.39, 0.29) is 29.6 Å². The quantitative estimate of drug-likeness (QED) is 0.292. The molecule has 25 valence electrons. The first-order chi connectivity index (χ1) is 2.00. The molecule has 0 aliphatic carbocycles. The van der Waals surface area contributed by atoms with Crippen molar-refractivity contribution in [1.82, 2.24) is 0 Å². The first-order valence-corrected chi connectivity index (χ1v) is 1.24. The van der Waals surface area contributed by atoms with Gasteiger partial charge in [-0.05, 0) is 0 Å². The molecule has 0 bridgehead atoms. The fourth-order valence-corrected chi connectivity index (χ4v) is 0.0833. The molecule has 0 spiro atoms. The molecule has 0 aromatic heterocycles. The first-order valence-electron chi connectivity index (χ1n) is 1.24. The van der Waals surface area contributed by atoms with E-state index in [1.54, 1.807) is 0 Å². The predicted molar refractivity (Wildman–Crippen MR) is 17.7 cm³/mol. The van der Waals surface area contributed by atoms with Crippen molar-refractivity contribution in [1.29, 1.82) is 0 Å². The van der Waals surface area contributed by atoms with Gasteiger partial charge in [0.05, 0.1) is 0 Å². The average molecular weight is 83.0 g/mol. The normalized spacial score (nSPS) is 19.2. The van der Waals surface area contributed by atoms with E-state index in [2.05, 4.69) is 9.78 Å². The molecule has 2 nitrogen and oxygen atoms in total. The molecule has 5 heavy (non-hydrogen) atoms. The van der Waals surface area contributed by atoms with Crippen LogP contribution in [-0.2, 0) is 9.78 Å². The zero-order valence-corrected chi connectivity index (χ0v) is 5.23. The summed E-state index contributed by atoms with van der Waals surface area (Å²) in [4.78, 5) is 8.44. The number of hydrogen-bond acceptors (Lipinski definition) is 2. The Bertz CT molecular complexity index is 15.6. The van der Waals surface area contributed by atoms with Gasteiger partial charge in [0.15, 0.2) is 0 Å². The Morgan fingerprint density at radius 1 is 1.00 bits per heavy atom. The Hall–Kier alpha value is 0.920. The topological polar surface area (TPSA) is 18.5 Å². The summed E-state index contributed by atoms with van der Waals surface area (Å²) < 4.78 is 0. The minimum atomic E-state index is 0. The van der Waals surface area contributed by atoms with Gasteiger partial charge < -0.3 is 0 Å². The van der Waals surface area contributed by atoms with Crippen LogP contribution >= 0.6 is 0 Å². The molecule has 1 aliphatic rings. The van der Waals surface area contributed by atoms with Crippen LogP contribution < -0.4 is 0 Å². The molecule has 0 amide bonds. The van der Waals surface area contributed by atoms with Gasteiger partial charge in [-0.15, -0.1) is 0 Å². The summed E-state index contributed by atoms with van der Waals surface area (Å²) >= 11 is 0. The van der Waals surface area contributed by atoms with Crippen molar-refractivity contribution in [3.63, 3.8) is 0 Å². The molecule has 1 radical (unpaired) electrons. The molecule has 1 heterocycles. The van der Waals surface area contributed by atoms with Crippen LogP contribution in [0.3, 0.4) is 0 Å². The second-order valence-electron chi connectivity index (χ2n) is 0.644. The minimum Gasteiger partial charge on any atom is -0.234 e. The van der Waals surface area contributed by atoms with Crippen LogP contribution in [0.2, 0.25) is 0 Å². The third kappa shape index (κ3) is 1.73. The fraction of sp³-hybridized carbons (Fsp3) is 1.00. The van der Waals surface area contributed by atoms with Gasteiger partial charge >= 0.3 is 0 Å². The van der Waals surface area contributed by atoms with Crippen molar-refractivity contribution in [2.45, 2.75) is 0 Å². The fourth-order valence-electron chi connectivity index (χ4n) is 0.0833. The van der Waals surface area contributed by atoms with Gasteiger partial charge in [0.2, 0.25) is 0 Å². The van der Waals surface area contributed by atoms with E-state index in [0.29, 0.717) is 0 Å². The van der Waals surface area contributed by atoms with Crippen LogP contribution in [0.5, 0.6) is 0 Å². The van der Waals surface area contributed by atoms with Gasteiger partial charge in [0.1, 0.15) is 13.2 Å². The summed E-state index contributed by atoms with van der Waals surface area (Å²) in [6.45, 7) is 1.56. The standard InChI is InChI=1S/C2H4O2.Na/c1-2-4-3-1;/h1-2H2;. The van der Waals surface area contributed by atoms with E-state index in [1.807, 2.05) is 0 Å². The van der Waals surface area contributed by atoms with Crippen molar-refractivity contribution in [2.24, 2.45) is 0 Å². The van der Waals surface area contributed by atoms with Crippen molar-refractivity contribution >= 4 is 29.6 Å². The molecule has 1 saturated heterocycles. The zero-order chi connectivity index (χ0) is 2.83. The van der Waals surface area contributed by atoms with E-state index < -0.39 is 0 Å². The summed E-state index contributed by atoms with van der Waals surface area (Å²) in [6, 6.07) is 0. The largest absolute Gasteiger partial charge is 0.234 e. The van der Waals surface area contributed by atoms with E-state index in [0.717, 1.165) is 13.2 Å². The molecule has 1 rings (SSSR count). The van der Waals surface area contributed by atoms with E-state index in [4.69, 9.17) is 0 Å². The third-order valence-corrected chi connectivity index (χ3v) is 0.333. The molecule has 1 aliphatic heterocycles. The second-order valence-corrected chi connectivity index (χ2v) is 0.644. The summed E-state index contributed by atoms with van der Waals surface area (Å²) in [5.74, 6) is 0. The van der Waals surface area contributed by atoms with Gasteiger partial charge in [-0.2, -0.15) is 0 Å². The van der Waals surface area contributed by atoms with E-state index in [1.165, 1.54) is 0 Å². The van der Waals surface area contributed by atoms with Crippen molar-refractivity contribution in [3.05, 3.63) is 0 Å². The van der Waals surface area contributed by atoms with Crippen LogP contribution in [-0.4, -0.2) is 42.8 Å². The summed E-state index contributed by atoms with van der Waals surface area (Å²) in [7, 11) is 0. The Morgan fingerprint density at radius 3 is 1.20 bits per heavy atom. The Kier molecular flexibility index (Phi) is 3.70. The van der Waals surface area contributed by atoms with Gasteiger partial charge in [-0.25, -0.2) is 9.78 Å². The molecule has 0 unspecified atom stereocenters. The van der Waals surface area contributed by atoms with Crippen LogP contribution in [0.1, 0.15) is 0 Å². The molecule has 3 heteroatoms. The second kappa shape index (κ2) is 3.12. The molecular weight excluding hydrogens is 79.0 g/mol. The monoisotopic (exact) mass is 83.0 g/mol. The Labute approximate surface area is 52.7 Å². The van der Waals surface area contributed by atoms with E-state index in [9.17, 15) is 0 Å². The molecule has 0 N–H and O–H groups in total. The first kappa shape index (κ1) is 5.92. The minimum absolute atomic E-state index is 0. The predicted octanol–water partition coefficient (Wildman–Crippen LogP) is -0.433. The summed E-state index contributed by atoms with van der Waals surface area (Å²) in [6.07, 6.45) is 0. The van der Waals surface area contributed by atoms with Crippen LogP contribution in [0.4, 0.5) is 0 Å². The van der Waals surface area contributed by atoms with Crippen LogP contribution in [0.15, 0.2) is 0 Å². The maximum atomic E-state index is 4.22. The molecule has 0 aromatic rings. The summed E-state index contributed by atoms with van der Waals surface area (Å²) in [5, 5.41) is 0. The van der Waals surface area contributed by atoms with E-state index >= 15 is 0 Å². The average Bonchev–Trinajstić information content (AvgIpc) is 0.722. The van der Waals surface area contributed by atoms with Gasteiger partial charge in [0, 0.05) is 29.6 Å². The van der Waals surface area contributed by atoms with Crippen molar-refractivity contribution in [2.75, 3.05) is 13.2 Å². The van der Waals surface area contributed by atoms with Crippen LogP contribution in [0.25, 0.3) is 0 Å². The smallest absolute Gasteiger partial charge is 0.109 e. The Morgan fingerprint density at radius 2 is 1.20 bits per heavy atom. The SMILES string of the molecule is C1COO1.[Na]. The van der Waals surface area contributed by atoms with Crippen molar-refractivity contribution in [3.8, 4) is 0 Å². The third-order valence-electron chi connectivity index (χ3n) is 0.333. The van der Waals surface area contributed by atoms with Gasteiger partial charge in [-0.1, -0.05) is 0 Å². The molecule has 0 saturated carbocycles. The van der Waals surface area contributed by atoms with Crippen LogP contribution in [0, 0.1) is 0 Å². The van der Waals surface area contributed by atoms with Crippen molar-refractivity contribution < 1.29 is 9.78 Å². The number of hydrogen-bond donors (Lipinski definition) is 0. The van der Waals surface area contributed by atoms with Gasteiger partial charge in [-0.3, -0.25) is 0 Å². The molecule has 0 atom stereocenters. The zero-order valence-electron chi connectivity index (χ0n) is 3.23.